The Kier molecular flexibility index (Phi) is 2.65. The molecule has 0 saturated carbocycles. The lowest BCUT2D eigenvalue weighted by Gasteiger charge is -2.19. The molecule has 1 aliphatic carbocycles. The topological polar surface area (TPSA) is 34.1 Å². The Balaban J connectivity index is 2.34. The molecule has 2 heteroatoms. The molecule has 0 unspecified atom stereocenters. The molecule has 0 saturated heterocycles. The van der Waals surface area contributed by atoms with Crippen LogP contribution in [0.2, 0.25) is 0 Å². The van der Waals surface area contributed by atoms with E-state index in [0.717, 1.165) is 16.7 Å². The van der Waals surface area contributed by atoms with Crippen LogP contribution in [-0.4, -0.2) is 5.78 Å². The van der Waals surface area contributed by atoms with E-state index >= 15 is 0 Å². The van der Waals surface area contributed by atoms with Gasteiger partial charge in [0.2, 0.25) is 0 Å². The minimum atomic E-state index is -0.0759. The van der Waals surface area contributed by atoms with Gasteiger partial charge in [0.1, 0.15) is 0 Å². The predicted octanol–water partition coefficient (Wildman–Crippen LogP) is 3.56. The minimum Gasteiger partial charge on any atom is -0.290 e. The second-order valence-electron chi connectivity index (χ2n) is 6.24. The zero-order valence-corrected chi connectivity index (χ0v) is 11.9. The SMILES string of the molecule is CC(C)(C)c1ccc2c(c1)-c1cc(=O)cccc1C2=O. The Morgan fingerprint density at radius 1 is 0.750 bits per heavy atom. The summed E-state index contributed by atoms with van der Waals surface area (Å²) in [4.78, 5) is 24.1. The molecule has 0 bridgehead atoms. The molecule has 3 rings (SSSR count). The lowest BCUT2D eigenvalue weighted by molar-refractivity contribution is 0.104. The number of fused-ring (bicyclic) bond motifs is 3. The van der Waals surface area contributed by atoms with Crippen molar-refractivity contribution < 1.29 is 4.79 Å². The van der Waals surface area contributed by atoms with Gasteiger partial charge in [-0.2, -0.15) is 0 Å². The molecule has 0 spiro atoms. The van der Waals surface area contributed by atoms with E-state index in [-0.39, 0.29) is 16.6 Å². The van der Waals surface area contributed by atoms with E-state index in [0.29, 0.717) is 11.1 Å². The van der Waals surface area contributed by atoms with Gasteiger partial charge in [-0.15, -0.1) is 0 Å². The molecule has 0 aromatic heterocycles. The van der Waals surface area contributed by atoms with Crippen molar-refractivity contribution in [3.05, 3.63) is 69.4 Å². The third kappa shape index (κ3) is 1.88. The second-order valence-corrected chi connectivity index (χ2v) is 6.24. The van der Waals surface area contributed by atoms with E-state index in [1.807, 2.05) is 18.2 Å². The summed E-state index contributed by atoms with van der Waals surface area (Å²) in [6.45, 7) is 6.41. The predicted molar refractivity (Wildman–Crippen MR) is 80.3 cm³/mol. The molecule has 0 fully saturated rings. The Morgan fingerprint density at radius 3 is 2.10 bits per heavy atom. The van der Waals surface area contributed by atoms with Crippen LogP contribution in [0.4, 0.5) is 0 Å². The lowest BCUT2D eigenvalue weighted by atomic mass is 9.85. The number of carbonyl (C=O) groups is 1. The van der Waals surface area contributed by atoms with E-state index in [9.17, 15) is 9.59 Å². The summed E-state index contributed by atoms with van der Waals surface area (Å²) >= 11 is 0. The van der Waals surface area contributed by atoms with Crippen LogP contribution >= 0.6 is 0 Å². The van der Waals surface area contributed by atoms with Crippen molar-refractivity contribution in [2.45, 2.75) is 26.2 Å². The monoisotopic (exact) mass is 264 g/mol. The van der Waals surface area contributed by atoms with E-state index in [1.54, 1.807) is 18.2 Å². The number of hydrogen-bond donors (Lipinski definition) is 0. The molecule has 2 nitrogen and oxygen atoms in total. The summed E-state index contributed by atoms with van der Waals surface area (Å²) in [7, 11) is 0. The molecular formula is C18H16O2. The van der Waals surface area contributed by atoms with Crippen molar-refractivity contribution in [3.8, 4) is 11.1 Å². The third-order valence-electron chi connectivity index (χ3n) is 3.77. The smallest absolute Gasteiger partial charge is 0.194 e. The molecule has 100 valence electrons. The second kappa shape index (κ2) is 4.14. The first kappa shape index (κ1) is 12.8. The summed E-state index contributed by atoms with van der Waals surface area (Å²) in [6, 6.07) is 12.3. The van der Waals surface area contributed by atoms with Crippen LogP contribution in [0.3, 0.4) is 0 Å². The summed E-state index contributed by atoms with van der Waals surface area (Å²) < 4.78 is 0. The van der Waals surface area contributed by atoms with Crippen LogP contribution in [0.15, 0.2) is 47.3 Å². The van der Waals surface area contributed by atoms with Crippen LogP contribution in [0, 0.1) is 0 Å². The van der Waals surface area contributed by atoms with Crippen molar-refractivity contribution in [2.75, 3.05) is 0 Å². The molecule has 0 radical (unpaired) electrons. The van der Waals surface area contributed by atoms with Gasteiger partial charge in [0, 0.05) is 11.1 Å². The fourth-order valence-corrected chi connectivity index (χ4v) is 2.59. The van der Waals surface area contributed by atoms with Crippen molar-refractivity contribution >= 4 is 5.78 Å². The van der Waals surface area contributed by atoms with Gasteiger partial charge in [-0.1, -0.05) is 45.0 Å². The van der Waals surface area contributed by atoms with Crippen molar-refractivity contribution in [2.24, 2.45) is 0 Å². The van der Waals surface area contributed by atoms with Crippen molar-refractivity contribution in [1.82, 2.24) is 0 Å². The summed E-state index contributed by atoms with van der Waals surface area (Å²) in [5.74, 6) is 0.00561. The molecule has 0 atom stereocenters. The summed E-state index contributed by atoms with van der Waals surface area (Å²) in [5.41, 5.74) is 4.05. The average molecular weight is 264 g/mol. The van der Waals surface area contributed by atoms with Crippen LogP contribution in [0.25, 0.3) is 11.1 Å². The third-order valence-corrected chi connectivity index (χ3v) is 3.77. The number of hydrogen-bond acceptors (Lipinski definition) is 2. The van der Waals surface area contributed by atoms with Gasteiger partial charge in [-0.05, 0) is 40.3 Å². The molecule has 0 N–H and O–H groups in total. The quantitative estimate of drug-likeness (QED) is 0.622. The van der Waals surface area contributed by atoms with Gasteiger partial charge in [-0.3, -0.25) is 9.59 Å². The highest BCUT2D eigenvalue weighted by Crippen LogP contribution is 2.37. The van der Waals surface area contributed by atoms with Gasteiger partial charge in [0.15, 0.2) is 11.2 Å². The molecule has 1 aliphatic rings. The highest BCUT2D eigenvalue weighted by Gasteiger charge is 2.27. The van der Waals surface area contributed by atoms with Crippen LogP contribution in [0.1, 0.15) is 42.3 Å². The maximum atomic E-state index is 12.4. The summed E-state index contributed by atoms with van der Waals surface area (Å²) in [5, 5.41) is 0. The Hall–Kier alpha value is -2.22. The largest absolute Gasteiger partial charge is 0.290 e. The number of benzene rings is 1. The van der Waals surface area contributed by atoms with Gasteiger partial charge in [-0.25, -0.2) is 0 Å². The Bertz CT molecular complexity index is 780. The van der Waals surface area contributed by atoms with Crippen molar-refractivity contribution in [3.63, 3.8) is 0 Å². The summed E-state index contributed by atoms with van der Waals surface area (Å²) in [6.07, 6.45) is 0. The van der Waals surface area contributed by atoms with Gasteiger partial charge < -0.3 is 0 Å². The Morgan fingerprint density at radius 2 is 1.40 bits per heavy atom. The molecule has 0 heterocycles. The molecule has 2 aromatic rings. The molecule has 0 amide bonds. The first-order valence-corrected chi connectivity index (χ1v) is 6.72. The van der Waals surface area contributed by atoms with Gasteiger partial charge in [0.05, 0.1) is 0 Å². The molecule has 20 heavy (non-hydrogen) atoms. The van der Waals surface area contributed by atoms with Crippen LogP contribution in [0.5, 0.6) is 0 Å². The first-order chi connectivity index (χ1) is 9.38. The number of rotatable bonds is 0. The highest BCUT2D eigenvalue weighted by atomic mass is 16.1. The minimum absolute atomic E-state index is 0.00561. The van der Waals surface area contributed by atoms with E-state index in [1.165, 1.54) is 6.07 Å². The standard InChI is InChI=1S/C18H16O2/c1-18(2,3)11-7-8-14-15(9-11)16-10-12(19)5-4-6-13(16)17(14)20/h4-10H,1-3H3. The van der Waals surface area contributed by atoms with Crippen LogP contribution < -0.4 is 5.43 Å². The Labute approximate surface area is 118 Å². The van der Waals surface area contributed by atoms with Crippen molar-refractivity contribution in [1.29, 1.82) is 0 Å². The molecule has 0 aliphatic heterocycles. The normalized spacial score (nSPS) is 13.1. The molecular weight excluding hydrogens is 248 g/mol. The van der Waals surface area contributed by atoms with Gasteiger partial charge >= 0.3 is 0 Å². The van der Waals surface area contributed by atoms with Gasteiger partial charge in [0.25, 0.3) is 0 Å². The lowest BCUT2D eigenvalue weighted by Crippen LogP contribution is -2.11. The van der Waals surface area contributed by atoms with Crippen LogP contribution in [-0.2, 0) is 5.41 Å². The zero-order chi connectivity index (χ0) is 14.5. The maximum absolute atomic E-state index is 12.4. The van der Waals surface area contributed by atoms with E-state index in [2.05, 4.69) is 20.8 Å². The first-order valence-electron chi connectivity index (χ1n) is 6.72. The average Bonchev–Trinajstić information content (AvgIpc) is 2.53. The van der Waals surface area contributed by atoms with E-state index in [4.69, 9.17) is 0 Å². The highest BCUT2D eigenvalue weighted by molar-refractivity contribution is 6.21. The zero-order valence-electron chi connectivity index (χ0n) is 11.9. The van der Waals surface area contributed by atoms with E-state index < -0.39 is 0 Å². The fourth-order valence-electron chi connectivity index (χ4n) is 2.59. The maximum Gasteiger partial charge on any atom is 0.194 e. The number of ketones is 1. The fraction of sp³-hybridized carbons (Fsp3) is 0.222. The molecule has 2 aromatic carbocycles. The number of carbonyl (C=O) groups excluding carboxylic acids is 1.